The lowest BCUT2D eigenvalue weighted by Gasteiger charge is -2.48. The summed E-state index contributed by atoms with van der Waals surface area (Å²) in [5, 5.41) is 84.1. The van der Waals surface area contributed by atoms with Gasteiger partial charge >= 0.3 is 23.9 Å². The highest BCUT2D eigenvalue weighted by atomic mass is 32.2. The predicted molar refractivity (Wildman–Crippen MR) is 226 cm³/mol. The fourth-order valence-electron chi connectivity index (χ4n) is 6.44. The molecular weight excluding hydrogens is 939 g/mol. The van der Waals surface area contributed by atoms with E-state index in [1.54, 1.807) is 0 Å². The van der Waals surface area contributed by atoms with Gasteiger partial charge in [-0.3, -0.25) is 43.2 Å². The van der Waals surface area contributed by atoms with E-state index < -0.39 is 183 Å². The lowest BCUT2D eigenvalue weighted by molar-refractivity contribution is -0.333. The van der Waals surface area contributed by atoms with Gasteiger partial charge in [0.25, 0.3) is 0 Å². The minimum Gasteiger partial charge on any atom is -0.480 e. The van der Waals surface area contributed by atoms with Crippen molar-refractivity contribution in [3.8, 4) is 0 Å². The molecule has 0 bridgehead atoms. The molecule has 2 aliphatic heterocycles. The highest BCUT2D eigenvalue weighted by Gasteiger charge is 2.53. The number of esters is 1. The van der Waals surface area contributed by atoms with Gasteiger partial charge in [0.2, 0.25) is 35.4 Å². The number of hydrogen-bond acceptors (Lipinski definition) is 21. The predicted octanol–water partition coefficient (Wildman–Crippen LogP) is -7.05. The van der Waals surface area contributed by atoms with Crippen LogP contribution in [0.2, 0.25) is 0 Å². The first-order valence-electron chi connectivity index (χ1n) is 20.8. The van der Waals surface area contributed by atoms with Crippen LogP contribution in [0.25, 0.3) is 0 Å². The van der Waals surface area contributed by atoms with Gasteiger partial charge in [0, 0.05) is 38.7 Å². The SMILES string of the molecule is CC(=O)NC1C(OC2C(COC(C)=O)OC(O)C(NC(C)=O)C2OC(C)C(=O)NC(C)C(=O)NC(CCC(=O)NC(CSCC(N)C(=O)O)C(=O)NC(C)C(=O)O)C(=O)O)OC(CO)C(O)C1O. The van der Waals surface area contributed by atoms with Crippen LogP contribution < -0.4 is 37.6 Å². The molecular formula is C38H61N7O22S. The first kappa shape index (κ1) is 58.8. The number of nitrogens with one attached hydrogen (secondary N) is 6. The third-order valence-corrected chi connectivity index (χ3v) is 11.2. The van der Waals surface area contributed by atoms with Crippen molar-refractivity contribution in [3.05, 3.63) is 0 Å². The third-order valence-electron chi connectivity index (χ3n) is 10.1. The van der Waals surface area contributed by atoms with E-state index in [4.69, 9.17) is 39.6 Å². The zero-order valence-electron chi connectivity index (χ0n) is 37.7. The molecule has 0 radical (unpaired) electrons. The van der Waals surface area contributed by atoms with Crippen LogP contribution >= 0.6 is 11.8 Å². The van der Waals surface area contributed by atoms with Crippen molar-refractivity contribution in [3.63, 3.8) is 0 Å². The number of thioether (sulfide) groups is 1. The van der Waals surface area contributed by atoms with Crippen LogP contribution in [-0.2, 0) is 71.6 Å². The molecule has 0 aromatic carbocycles. The molecule has 2 saturated heterocycles. The van der Waals surface area contributed by atoms with Crippen molar-refractivity contribution in [1.82, 2.24) is 31.9 Å². The van der Waals surface area contributed by atoms with E-state index >= 15 is 0 Å². The number of ether oxygens (including phenoxy) is 5. The molecule has 0 aromatic rings. The van der Waals surface area contributed by atoms with Gasteiger partial charge in [0.05, 0.1) is 6.61 Å². The topological polar surface area (TPSA) is 457 Å². The molecule has 0 saturated carbocycles. The fourth-order valence-corrected chi connectivity index (χ4v) is 7.45. The van der Waals surface area contributed by atoms with Crippen molar-refractivity contribution in [1.29, 1.82) is 0 Å². The fraction of sp³-hybridized carbons (Fsp3) is 0.737. The number of carbonyl (C=O) groups is 10. The molecule has 2 fully saturated rings. The second kappa shape index (κ2) is 27.6. The summed E-state index contributed by atoms with van der Waals surface area (Å²) in [5.74, 6) is -11.1. The lowest BCUT2D eigenvalue weighted by atomic mass is 9.94. The molecule has 2 heterocycles. The van der Waals surface area contributed by atoms with Crippen LogP contribution in [0.15, 0.2) is 0 Å². The largest absolute Gasteiger partial charge is 0.480 e. The number of aliphatic carboxylic acids is 3. The average Bonchev–Trinajstić information content (AvgIpc) is 3.24. The smallest absolute Gasteiger partial charge is 0.326 e. The first-order chi connectivity index (χ1) is 31.7. The Morgan fingerprint density at radius 1 is 0.676 bits per heavy atom. The summed E-state index contributed by atoms with van der Waals surface area (Å²) in [7, 11) is 0. The van der Waals surface area contributed by atoms with E-state index in [9.17, 15) is 73.5 Å². The molecule has 15 N–H and O–H groups in total. The summed E-state index contributed by atoms with van der Waals surface area (Å²) >= 11 is 0.855. The van der Waals surface area contributed by atoms with Gasteiger partial charge in [-0.2, -0.15) is 11.8 Å². The van der Waals surface area contributed by atoms with Crippen LogP contribution in [0.3, 0.4) is 0 Å². The van der Waals surface area contributed by atoms with E-state index in [0.717, 1.165) is 53.3 Å². The van der Waals surface area contributed by atoms with Crippen molar-refractivity contribution in [2.45, 2.75) is 152 Å². The van der Waals surface area contributed by atoms with Gasteiger partial charge in [-0.1, -0.05) is 0 Å². The summed E-state index contributed by atoms with van der Waals surface area (Å²) in [6, 6.07) is -10.5. The molecule has 68 heavy (non-hydrogen) atoms. The van der Waals surface area contributed by atoms with E-state index in [0.29, 0.717) is 0 Å². The average molecular weight is 1000 g/mol. The van der Waals surface area contributed by atoms with E-state index in [1.165, 1.54) is 0 Å². The Kier molecular flexibility index (Phi) is 23.9. The Balaban J connectivity index is 2.28. The summed E-state index contributed by atoms with van der Waals surface area (Å²) < 4.78 is 28.6. The number of carbonyl (C=O) groups excluding carboxylic acids is 7. The molecule has 0 aliphatic carbocycles. The molecule has 29 nitrogen and oxygen atoms in total. The standard InChI is InChI=1S/C38H61N7O22S/c1-13(31(53)45-20(36(60)61)7-8-24(50)44-21(12-68-11-19(39)35(58)59)33(55)41-14(2)34(56)57)40-32(54)15(3)64-30-26(43-17(5)48)37(62)65-23(10-63-18(6)49)29(30)67-38-25(42-16(4)47)28(52)27(51)22(9-46)66-38/h13-15,19-23,25-30,37-38,46,51-52,62H,7-12,39H2,1-6H3,(H,40,54)(H,41,55)(H,42,47)(H,43,48)(H,44,50)(H,45,53)(H,56,57)(H,58,59)(H,60,61). The van der Waals surface area contributed by atoms with Gasteiger partial charge in [-0.15, -0.1) is 0 Å². The van der Waals surface area contributed by atoms with Crippen LogP contribution in [0.1, 0.15) is 54.4 Å². The quantitative estimate of drug-likeness (QED) is 0.0358. The zero-order valence-corrected chi connectivity index (χ0v) is 38.5. The highest BCUT2D eigenvalue weighted by molar-refractivity contribution is 7.99. The highest BCUT2D eigenvalue weighted by Crippen LogP contribution is 2.31. The summed E-state index contributed by atoms with van der Waals surface area (Å²) in [4.78, 5) is 123. The Morgan fingerprint density at radius 3 is 1.82 bits per heavy atom. The van der Waals surface area contributed by atoms with E-state index in [1.807, 2.05) is 0 Å². The summed E-state index contributed by atoms with van der Waals surface area (Å²) in [5.41, 5.74) is 5.48. The van der Waals surface area contributed by atoms with Crippen molar-refractivity contribution < 1.29 is 107 Å². The summed E-state index contributed by atoms with van der Waals surface area (Å²) in [6.45, 7) is 5.12. The maximum Gasteiger partial charge on any atom is 0.326 e. The molecule has 386 valence electrons. The molecule has 0 spiro atoms. The minimum absolute atomic E-state index is 0.193. The Hall–Kier alpha value is -5.31. The van der Waals surface area contributed by atoms with E-state index in [2.05, 4.69) is 31.9 Å². The number of amides is 6. The first-order valence-corrected chi connectivity index (χ1v) is 22.0. The molecule has 0 aromatic heterocycles. The Bertz CT molecular complexity index is 1820. The van der Waals surface area contributed by atoms with Crippen molar-refractivity contribution in [2.75, 3.05) is 24.7 Å². The maximum absolute atomic E-state index is 13.6. The Labute approximate surface area is 392 Å². The molecule has 16 atom stereocenters. The van der Waals surface area contributed by atoms with Crippen LogP contribution in [-0.4, -0.2) is 217 Å². The molecule has 2 aliphatic rings. The normalized spacial score (nSPS) is 27.3. The number of nitrogens with two attached hydrogens (primary N) is 1. The maximum atomic E-state index is 13.6. The van der Waals surface area contributed by atoms with Crippen molar-refractivity contribution >= 4 is 71.1 Å². The molecule has 6 amide bonds. The molecule has 2 rings (SSSR count). The Morgan fingerprint density at radius 2 is 1.28 bits per heavy atom. The monoisotopic (exact) mass is 999 g/mol. The van der Waals surface area contributed by atoms with Crippen molar-refractivity contribution in [2.24, 2.45) is 5.73 Å². The number of hydrogen-bond donors (Lipinski definition) is 14. The number of aliphatic hydroxyl groups is 4. The van der Waals surface area contributed by atoms with Crippen LogP contribution in [0, 0.1) is 0 Å². The lowest BCUT2D eigenvalue weighted by Crippen LogP contribution is -2.70. The second-order valence-electron chi connectivity index (χ2n) is 15.7. The van der Waals surface area contributed by atoms with Gasteiger partial charge in [-0.05, 0) is 27.2 Å². The minimum atomic E-state index is -1.94. The second-order valence-corrected chi connectivity index (χ2v) is 16.8. The van der Waals surface area contributed by atoms with Gasteiger partial charge in [0.1, 0.15) is 91.6 Å². The number of carboxylic acid groups (broad SMARTS) is 3. The third kappa shape index (κ3) is 18.3. The molecule has 30 heteroatoms. The van der Waals surface area contributed by atoms with Gasteiger partial charge in [0.15, 0.2) is 12.6 Å². The van der Waals surface area contributed by atoms with Crippen LogP contribution in [0.4, 0.5) is 0 Å². The zero-order chi connectivity index (χ0) is 51.7. The number of rotatable bonds is 26. The number of carboxylic acids is 3. The van der Waals surface area contributed by atoms with Gasteiger partial charge in [-0.25, -0.2) is 4.79 Å². The van der Waals surface area contributed by atoms with Gasteiger partial charge < -0.3 is 97.1 Å². The van der Waals surface area contributed by atoms with E-state index in [-0.39, 0.29) is 11.5 Å². The summed E-state index contributed by atoms with van der Waals surface area (Å²) in [6.07, 6.45) is -16.4. The molecule has 16 unspecified atom stereocenters. The number of aliphatic hydroxyl groups excluding tert-OH is 4. The van der Waals surface area contributed by atoms with Crippen LogP contribution in [0.5, 0.6) is 0 Å².